The fourth-order valence-corrected chi connectivity index (χ4v) is 16.1. The summed E-state index contributed by atoms with van der Waals surface area (Å²) in [6.45, 7) is 7.36. The van der Waals surface area contributed by atoms with E-state index < -0.39 is 16.1 Å². The van der Waals surface area contributed by atoms with Crippen molar-refractivity contribution in [2.45, 2.75) is 19.6 Å². The first-order chi connectivity index (χ1) is 26.0. The summed E-state index contributed by atoms with van der Waals surface area (Å²) in [6.07, 6.45) is 0. The largest absolute Gasteiger partial charge is 0.180 e. The van der Waals surface area contributed by atoms with Gasteiger partial charge in [0.15, 0.2) is 8.07 Å². The van der Waals surface area contributed by atoms with E-state index in [1.807, 2.05) is 0 Å². The van der Waals surface area contributed by atoms with Crippen LogP contribution in [0.4, 0.5) is 0 Å². The van der Waals surface area contributed by atoms with Crippen molar-refractivity contribution >= 4 is 85.2 Å². The molecule has 252 valence electrons. The maximum absolute atomic E-state index is 3.86. The summed E-state index contributed by atoms with van der Waals surface area (Å²) in [7, 11) is -4.58. The highest BCUT2D eigenvalue weighted by Gasteiger charge is 2.43. The minimum absolute atomic E-state index is 1.08. The molecular formula is C51H40Si2. The summed E-state index contributed by atoms with van der Waals surface area (Å²) in [5, 5.41) is 17.1. The second-order valence-corrected chi connectivity index (χ2v) is 23.8. The van der Waals surface area contributed by atoms with Crippen molar-refractivity contribution in [1.29, 1.82) is 0 Å². The minimum atomic E-state index is -2.88. The van der Waals surface area contributed by atoms with Crippen molar-refractivity contribution in [1.82, 2.24) is 0 Å². The Labute approximate surface area is 314 Å². The Morgan fingerprint density at radius 3 is 0.811 bits per heavy atom. The Morgan fingerprint density at radius 2 is 0.528 bits per heavy atom. The van der Waals surface area contributed by atoms with Gasteiger partial charge in [0.2, 0.25) is 0 Å². The molecule has 0 atom stereocenters. The summed E-state index contributed by atoms with van der Waals surface area (Å²) < 4.78 is 0. The molecule has 2 heteroatoms. The highest BCUT2D eigenvalue weighted by atomic mass is 28.3. The van der Waals surface area contributed by atoms with E-state index in [9.17, 15) is 0 Å². The van der Waals surface area contributed by atoms with Crippen LogP contribution in [0.15, 0.2) is 188 Å². The van der Waals surface area contributed by atoms with Gasteiger partial charge in [-0.25, -0.2) is 0 Å². The first-order valence-corrected chi connectivity index (χ1v) is 24.0. The fraction of sp³-hybridized carbons (Fsp3) is 0.0588. The van der Waals surface area contributed by atoms with Crippen LogP contribution >= 0.6 is 0 Å². The van der Waals surface area contributed by atoms with Crippen molar-refractivity contribution in [3.63, 3.8) is 0 Å². The summed E-state index contributed by atoms with van der Waals surface area (Å²) >= 11 is 0. The number of hydrogen-bond acceptors (Lipinski definition) is 0. The lowest BCUT2D eigenvalue weighted by Gasteiger charge is -2.36. The number of rotatable bonds is 5. The molecule has 9 rings (SSSR count). The van der Waals surface area contributed by atoms with E-state index in [4.69, 9.17) is 0 Å². The molecule has 9 aromatic carbocycles. The van der Waals surface area contributed by atoms with Crippen LogP contribution in [0.3, 0.4) is 0 Å². The summed E-state index contributed by atoms with van der Waals surface area (Å²) in [6, 6.07) is 69.6. The van der Waals surface area contributed by atoms with Gasteiger partial charge >= 0.3 is 0 Å². The van der Waals surface area contributed by atoms with Crippen LogP contribution < -0.4 is 25.9 Å². The van der Waals surface area contributed by atoms with E-state index in [0.29, 0.717) is 0 Å². The van der Waals surface area contributed by atoms with Gasteiger partial charge in [0.05, 0.1) is 8.07 Å². The molecule has 0 unspecified atom stereocenters. The Kier molecular flexibility index (Phi) is 8.20. The van der Waals surface area contributed by atoms with Gasteiger partial charge in [-0.3, -0.25) is 0 Å². The molecule has 0 bridgehead atoms. The Bertz CT molecular complexity index is 2650. The molecule has 0 N–H and O–H groups in total. The molecule has 0 saturated carbocycles. The van der Waals surface area contributed by atoms with Crippen LogP contribution in [-0.4, -0.2) is 16.1 Å². The molecule has 53 heavy (non-hydrogen) atoms. The predicted octanol–water partition coefficient (Wildman–Crippen LogP) is 9.62. The van der Waals surface area contributed by atoms with Crippen molar-refractivity contribution in [2.24, 2.45) is 0 Å². The average Bonchev–Trinajstić information content (AvgIpc) is 3.20. The monoisotopic (exact) mass is 708 g/mol. The van der Waals surface area contributed by atoms with Gasteiger partial charge in [0, 0.05) is 11.1 Å². The van der Waals surface area contributed by atoms with E-state index in [2.05, 4.69) is 220 Å². The standard InChI is InChI=1S/C51H40Si2/c1-52(2,3)50-46-31-17-13-27-40(46)44(41-28-14-18-32-47(41)50)35-36-45-42-29-15-19-33-48(42)51(49-34-20-16-30-43(45)49)53(37-21-7-4-8-22-37,38-23-9-5-10-24-38)39-25-11-6-12-26-39/h4-34H,1-3H3. The van der Waals surface area contributed by atoms with Crippen molar-refractivity contribution in [3.8, 4) is 11.8 Å². The lowest BCUT2D eigenvalue weighted by atomic mass is 9.94. The Hall–Kier alpha value is -5.99. The Balaban J connectivity index is 1.42. The van der Waals surface area contributed by atoms with Crippen molar-refractivity contribution in [3.05, 3.63) is 199 Å². The third kappa shape index (κ3) is 5.36. The molecule has 0 heterocycles. The molecule has 0 radical (unpaired) electrons. The minimum Gasteiger partial charge on any atom is -0.0656 e. The first kappa shape index (κ1) is 32.9. The predicted molar refractivity (Wildman–Crippen MR) is 235 cm³/mol. The van der Waals surface area contributed by atoms with E-state index in [0.717, 1.165) is 11.1 Å². The molecule has 0 amide bonds. The SMILES string of the molecule is C[Si](C)(C)c1c2ccccc2c(C#Cc2c3ccccc3c([Si](c3ccccc3)(c3ccccc3)c3ccccc3)c3ccccc23)c2ccccc12. The molecule has 0 aliphatic carbocycles. The lowest BCUT2D eigenvalue weighted by molar-refractivity contribution is 1.68. The molecule has 0 saturated heterocycles. The summed E-state index contributed by atoms with van der Waals surface area (Å²) in [5.41, 5.74) is 2.19. The zero-order chi connectivity index (χ0) is 36.0. The third-order valence-corrected chi connectivity index (χ3v) is 17.8. The van der Waals surface area contributed by atoms with Crippen molar-refractivity contribution in [2.75, 3.05) is 0 Å². The van der Waals surface area contributed by atoms with E-state index in [-0.39, 0.29) is 0 Å². The lowest BCUT2D eigenvalue weighted by Crippen LogP contribution is -2.75. The van der Waals surface area contributed by atoms with Crippen LogP contribution in [0.5, 0.6) is 0 Å². The zero-order valence-corrected chi connectivity index (χ0v) is 32.4. The maximum atomic E-state index is 3.86. The molecule has 9 aromatic rings. The van der Waals surface area contributed by atoms with Gasteiger partial charge in [-0.15, -0.1) is 0 Å². The fourth-order valence-electron chi connectivity index (χ4n) is 8.86. The van der Waals surface area contributed by atoms with Gasteiger partial charge in [-0.1, -0.05) is 220 Å². The second-order valence-electron chi connectivity index (χ2n) is 15.0. The van der Waals surface area contributed by atoms with E-state index in [1.165, 1.54) is 69.0 Å². The van der Waals surface area contributed by atoms with Gasteiger partial charge in [-0.05, 0) is 69.0 Å². The number of hydrogen-bond donors (Lipinski definition) is 0. The van der Waals surface area contributed by atoms with Gasteiger partial charge in [0.25, 0.3) is 0 Å². The second kappa shape index (κ2) is 13.2. The van der Waals surface area contributed by atoms with Gasteiger partial charge in [-0.2, -0.15) is 0 Å². The Morgan fingerprint density at radius 1 is 0.283 bits per heavy atom. The maximum Gasteiger partial charge on any atom is 0.180 e. The molecule has 0 fully saturated rings. The van der Waals surface area contributed by atoms with Crippen LogP contribution in [0.2, 0.25) is 19.6 Å². The highest BCUT2D eigenvalue weighted by Crippen LogP contribution is 2.32. The summed E-state index contributed by atoms with van der Waals surface area (Å²) in [4.78, 5) is 0. The number of benzene rings is 9. The molecule has 0 spiro atoms. The molecule has 0 aliphatic heterocycles. The van der Waals surface area contributed by atoms with E-state index >= 15 is 0 Å². The van der Waals surface area contributed by atoms with Crippen LogP contribution in [0.1, 0.15) is 11.1 Å². The van der Waals surface area contributed by atoms with E-state index in [1.54, 1.807) is 0 Å². The van der Waals surface area contributed by atoms with Crippen LogP contribution in [0, 0.1) is 11.8 Å². The number of fused-ring (bicyclic) bond motifs is 4. The van der Waals surface area contributed by atoms with Crippen LogP contribution in [0.25, 0.3) is 43.1 Å². The average molecular weight is 709 g/mol. The summed E-state index contributed by atoms with van der Waals surface area (Å²) in [5.74, 6) is 7.70. The van der Waals surface area contributed by atoms with Gasteiger partial charge in [0.1, 0.15) is 0 Å². The topological polar surface area (TPSA) is 0 Å². The third-order valence-electron chi connectivity index (χ3n) is 10.9. The zero-order valence-electron chi connectivity index (χ0n) is 30.4. The quantitative estimate of drug-likeness (QED) is 0.0723. The van der Waals surface area contributed by atoms with Gasteiger partial charge < -0.3 is 0 Å². The molecule has 0 nitrogen and oxygen atoms in total. The van der Waals surface area contributed by atoms with Crippen molar-refractivity contribution < 1.29 is 0 Å². The first-order valence-electron chi connectivity index (χ1n) is 18.5. The molecule has 0 aromatic heterocycles. The molecular weight excluding hydrogens is 669 g/mol. The molecule has 0 aliphatic rings. The van der Waals surface area contributed by atoms with Crippen LogP contribution in [-0.2, 0) is 0 Å². The smallest absolute Gasteiger partial charge is 0.0656 e. The highest BCUT2D eigenvalue weighted by molar-refractivity contribution is 7.21. The normalized spacial score (nSPS) is 11.9.